The van der Waals surface area contributed by atoms with E-state index in [2.05, 4.69) is 12.6 Å². The lowest BCUT2D eigenvalue weighted by Gasteiger charge is -2.10. The van der Waals surface area contributed by atoms with Crippen molar-refractivity contribution in [2.45, 2.75) is 25.3 Å². The third-order valence-electron chi connectivity index (χ3n) is 2.13. The van der Waals surface area contributed by atoms with Gasteiger partial charge < -0.3 is 5.73 Å². The lowest BCUT2D eigenvalue weighted by atomic mass is 10.0. The molecule has 1 aromatic rings. The summed E-state index contributed by atoms with van der Waals surface area (Å²) >= 11 is 5.88. The number of hydrogen-bond donors (Lipinski definition) is 1. The first kappa shape index (κ1) is 11.3. The van der Waals surface area contributed by atoms with Gasteiger partial charge in [-0.15, -0.1) is 6.58 Å². The summed E-state index contributed by atoms with van der Waals surface area (Å²) in [5.41, 5.74) is 7.15. The molecule has 0 amide bonds. The molecule has 14 heavy (non-hydrogen) atoms. The van der Waals surface area contributed by atoms with Crippen LogP contribution in [0.4, 0.5) is 0 Å². The maximum atomic E-state index is 5.95. The quantitative estimate of drug-likeness (QED) is 0.741. The fraction of sp³-hybridized carbons (Fsp3) is 0.333. The molecule has 2 heteroatoms. The van der Waals surface area contributed by atoms with Gasteiger partial charge in [0.1, 0.15) is 0 Å². The third-order valence-corrected chi connectivity index (χ3v) is 2.36. The SMILES string of the molecule is C=CCCC(N)Cc1cccc(Cl)c1. The number of nitrogens with two attached hydrogens (primary N) is 1. The summed E-state index contributed by atoms with van der Waals surface area (Å²) in [5, 5.41) is 0.776. The predicted octanol–water partition coefficient (Wildman–Crippen LogP) is 3.18. The van der Waals surface area contributed by atoms with Gasteiger partial charge in [0.2, 0.25) is 0 Å². The van der Waals surface area contributed by atoms with Crippen molar-refractivity contribution >= 4 is 11.6 Å². The largest absolute Gasteiger partial charge is 0.327 e. The molecule has 0 aliphatic rings. The second-order valence-electron chi connectivity index (χ2n) is 3.46. The molecule has 0 spiro atoms. The van der Waals surface area contributed by atoms with Crippen LogP contribution in [0.1, 0.15) is 18.4 Å². The highest BCUT2D eigenvalue weighted by Crippen LogP contribution is 2.13. The van der Waals surface area contributed by atoms with Crippen molar-refractivity contribution in [1.82, 2.24) is 0 Å². The van der Waals surface area contributed by atoms with Gasteiger partial charge in [-0.2, -0.15) is 0 Å². The molecule has 0 fully saturated rings. The van der Waals surface area contributed by atoms with Crippen LogP contribution >= 0.6 is 11.6 Å². The summed E-state index contributed by atoms with van der Waals surface area (Å²) in [5.74, 6) is 0. The van der Waals surface area contributed by atoms with Gasteiger partial charge in [0, 0.05) is 11.1 Å². The van der Waals surface area contributed by atoms with Gasteiger partial charge in [-0.1, -0.05) is 29.8 Å². The zero-order valence-electron chi connectivity index (χ0n) is 8.25. The minimum Gasteiger partial charge on any atom is -0.327 e. The highest BCUT2D eigenvalue weighted by Gasteiger charge is 2.03. The Morgan fingerprint density at radius 2 is 2.29 bits per heavy atom. The van der Waals surface area contributed by atoms with E-state index in [1.165, 1.54) is 5.56 Å². The molecule has 0 saturated carbocycles. The van der Waals surface area contributed by atoms with Crippen molar-refractivity contribution in [2.24, 2.45) is 5.73 Å². The highest BCUT2D eigenvalue weighted by molar-refractivity contribution is 6.30. The van der Waals surface area contributed by atoms with Gasteiger partial charge in [-0.25, -0.2) is 0 Å². The fourth-order valence-corrected chi connectivity index (χ4v) is 1.61. The van der Waals surface area contributed by atoms with Crippen molar-refractivity contribution in [3.63, 3.8) is 0 Å². The van der Waals surface area contributed by atoms with Gasteiger partial charge in [0.25, 0.3) is 0 Å². The smallest absolute Gasteiger partial charge is 0.0408 e. The van der Waals surface area contributed by atoms with E-state index in [4.69, 9.17) is 17.3 Å². The standard InChI is InChI=1S/C12H16ClN/c1-2-3-7-12(14)9-10-5-4-6-11(13)8-10/h2,4-6,8,12H,1,3,7,9,14H2. The Morgan fingerprint density at radius 3 is 2.93 bits per heavy atom. The predicted molar refractivity (Wildman–Crippen MR) is 62.6 cm³/mol. The summed E-state index contributed by atoms with van der Waals surface area (Å²) in [6.45, 7) is 3.68. The van der Waals surface area contributed by atoms with Gasteiger partial charge in [-0.05, 0) is 37.0 Å². The minimum absolute atomic E-state index is 0.200. The van der Waals surface area contributed by atoms with Gasteiger partial charge in [0.15, 0.2) is 0 Å². The molecule has 0 aromatic heterocycles. The van der Waals surface area contributed by atoms with E-state index in [-0.39, 0.29) is 6.04 Å². The summed E-state index contributed by atoms with van der Waals surface area (Å²) in [4.78, 5) is 0. The normalized spacial score (nSPS) is 12.4. The van der Waals surface area contributed by atoms with Crippen molar-refractivity contribution < 1.29 is 0 Å². The Balaban J connectivity index is 2.47. The average molecular weight is 210 g/mol. The molecule has 0 radical (unpaired) electrons. The fourth-order valence-electron chi connectivity index (χ4n) is 1.40. The topological polar surface area (TPSA) is 26.0 Å². The summed E-state index contributed by atoms with van der Waals surface area (Å²) in [6, 6.07) is 8.05. The van der Waals surface area contributed by atoms with Gasteiger partial charge in [-0.3, -0.25) is 0 Å². The molecule has 0 aliphatic heterocycles. The van der Waals surface area contributed by atoms with E-state index < -0.39 is 0 Å². The molecule has 76 valence electrons. The van der Waals surface area contributed by atoms with Crippen molar-refractivity contribution in [3.05, 3.63) is 47.5 Å². The van der Waals surface area contributed by atoms with Gasteiger partial charge in [0.05, 0.1) is 0 Å². The first-order valence-electron chi connectivity index (χ1n) is 4.83. The number of hydrogen-bond acceptors (Lipinski definition) is 1. The Morgan fingerprint density at radius 1 is 1.50 bits per heavy atom. The Labute approximate surface area is 90.6 Å². The monoisotopic (exact) mass is 209 g/mol. The molecule has 0 bridgehead atoms. The van der Waals surface area contributed by atoms with E-state index >= 15 is 0 Å². The maximum Gasteiger partial charge on any atom is 0.0408 e. The van der Waals surface area contributed by atoms with Crippen molar-refractivity contribution in [3.8, 4) is 0 Å². The van der Waals surface area contributed by atoms with Crippen LogP contribution in [0, 0.1) is 0 Å². The minimum atomic E-state index is 0.200. The van der Waals surface area contributed by atoms with Crippen LogP contribution in [0.5, 0.6) is 0 Å². The average Bonchev–Trinajstić information content (AvgIpc) is 2.15. The molecule has 0 heterocycles. The summed E-state index contributed by atoms with van der Waals surface area (Å²) < 4.78 is 0. The Hall–Kier alpha value is -0.790. The Kier molecular flexibility index (Phi) is 4.71. The molecule has 0 saturated heterocycles. The molecule has 1 aromatic carbocycles. The lowest BCUT2D eigenvalue weighted by molar-refractivity contribution is 0.618. The van der Waals surface area contributed by atoms with E-state index in [1.807, 2.05) is 24.3 Å². The third kappa shape index (κ3) is 3.95. The summed E-state index contributed by atoms with van der Waals surface area (Å²) in [7, 11) is 0. The first-order chi connectivity index (χ1) is 6.72. The van der Waals surface area contributed by atoms with Crippen LogP contribution in [-0.2, 0) is 6.42 Å². The molecule has 1 rings (SSSR count). The molecule has 1 nitrogen and oxygen atoms in total. The van der Waals surface area contributed by atoms with E-state index in [0.717, 1.165) is 24.3 Å². The zero-order valence-corrected chi connectivity index (χ0v) is 9.00. The highest BCUT2D eigenvalue weighted by atomic mass is 35.5. The van der Waals surface area contributed by atoms with Crippen LogP contribution in [0.2, 0.25) is 5.02 Å². The maximum absolute atomic E-state index is 5.95. The van der Waals surface area contributed by atoms with Gasteiger partial charge >= 0.3 is 0 Å². The molecular weight excluding hydrogens is 194 g/mol. The van der Waals surface area contributed by atoms with E-state index in [0.29, 0.717) is 0 Å². The number of allylic oxidation sites excluding steroid dienone is 1. The van der Waals surface area contributed by atoms with Crippen molar-refractivity contribution in [2.75, 3.05) is 0 Å². The number of benzene rings is 1. The van der Waals surface area contributed by atoms with Crippen LogP contribution in [0.15, 0.2) is 36.9 Å². The zero-order chi connectivity index (χ0) is 10.4. The lowest BCUT2D eigenvalue weighted by Crippen LogP contribution is -2.22. The molecule has 2 N–H and O–H groups in total. The number of halogens is 1. The van der Waals surface area contributed by atoms with Crippen LogP contribution in [-0.4, -0.2) is 6.04 Å². The second kappa shape index (κ2) is 5.84. The molecule has 1 unspecified atom stereocenters. The van der Waals surface area contributed by atoms with E-state index in [1.54, 1.807) is 0 Å². The summed E-state index contributed by atoms with van der Waals surface area (Å²) in [6.07, 6.45) is 4.74. The Bertz CT molecular complexity index is 296. The van der Waals surface area contributed by atoms with Crippen molar-refractivity contribution in [1.29, 1.82) is 0 Å². The van der Waals surface area contributed by atoms with E-state index in [9.17, 15) is 0 Å². The molecule has 1 atom stereocenters. The van der Waals surface area contributed by atoms with Crippen LogP contribution in [0.25, 0.3) is 0 Å². The van der Waals surface area contributed by atoms with Crippen LogP contribution in [0.3, 0.4) is 0 Å². The first-order valence-corrected chi connectivity index (χ1v) is 5.21. The number of rotatable bonds is 5. The molecular formula is C12H16ClN. The second-order valence-corrected chi connectivity index (χ2v) is 3.90. The van der Waals surface area contributed by atoms with Crippen LogP contribution < -0.4 is 5.73 Å². The molecule has 0 aliphatic carbocycles.